The fourth-order valence-electron chi connectivity index (χ4n) is 4.59. The number of morpholine rings is 1. The molecular formula is C23H27ClF2N8O3. The Morgan fingerprint density at radius 1 is 1.08 bits per heavy atom. The zero-order valence-electron chi connectivity index (χ0n) is 20.2. The molecule has 2 aliphatic heterocycles. The van der Waals surface area contributed by atoms with Gasteiger partial charge in [0, 0.05) is 32.2 Å². The van der Waals surface area contributed by atoms with Gasteiger partial charge in [-0.3, -0.25) is 9.36 Å². The van der Waals surface area contributed by atoms with Crippen molar-refractivity contribution in [2.75, 3.05) is 62.2 Å². The number of nitrogens with zero attached hydrogens (tertiary/aromatic N) is 7. The summed E-state index contributed by atoms with van der Waals surface area (Å²) in [5, 5.41) is 2.91. The van der Waals surface area contributed by atoms with E-state index < -0.39 is 12.2 Å². The van der Waals surface area contributed by atoms with E-state index in [0.717, 1.165) is 0 Å². The summed E-state index contributed by atoms with van der Waals surface area (Å²) < 4.78 is 40.5. The molecule has 37 heavy (non-hydrogen) atoms. The van der Waals surface area contributed by atoms with Crippen LogP contribution in [0.2, 0.25) is 0 Å². The van der Waals surface area contributed by atoms with Crippen LogP contribution in [0, 0.1) is 0 Å². The van der Waals surface area contributed by atoms with E-state index in [9.17, 15) is 13.6 Å². The predicted molar refractivity (Wildman–Crippen MR) is 133 cm³/mol. The second-order valence-electron chi connectivity index (χ2n) is 8.73. The maximum atomic E-state index is 14.2. The van der Waals surface area contributed by atoms with Crippen LogP contribution in [-0.2, 0) is 9.53 Å². The van der Waals surface area contributed by atoms with Gasteiger partial charge in [-0.25, -0.2) is 13.8 Å². The lowest BCUT2D eigenvalue weighted by molar-refractivity contribution is -0.119. The van der Waals surface area contributed by atoms with Crippen molar-refractivity contribution in [3.05, 3.63) is 24.0 Å². The molecule has 0 saturated carbocycles. The van der Waals surface area contributed by atoms with Crippen molar-refractivity contribution in [3.63, 3.8) is 0 Å². The van der Waals surface area contributed by atoms with E-state index in [1.165, 1.54) is 11.7 Å². The number of aromatic nitrogens is 5. The average molecular weight is 537 g/mol. The van der Waals surface area contributed by atoms with Crippen molar-refractivity contribution in [2.45, 2.75) is 25.3 Å². The number of methoxy groups -OCH3 is 1. The molecule has 0 atom stereocenters. The summed E-state index contributed by atoms with van der Waals surface area (Å²) in [6.07, 6.45) is -1.53. The highest BCUT2D eigenvalue weighted by Crippen LogP contribution is 2.32. The van der Waals surface area contributed by atoms with Crippen LogP contribution < -0.4 is 19.9 Å². The first kappa shape index (κ1) is 25.3. The highest BCUT2D eigenvalue weighted by molar-refractivity contribution is 6.27. The number of piperidine rings is 1. The summed E-state index contributed by atoms with van der Waals surface area (Å²) >= 11 is 5.62. The Balaban J connectivity index is 1.56. The average Bonchev–Trinajstić information content (AvgIpc) is 3.34. The van der Waals surface area contributed by atoms with Crippen molar-refractivity contribution in [1.82, 2.24) is 29.8 Å². The van der Waals surface area contributed by atoms with Crippen LogP contribution in [-0.4, -0.2) is 88.8 Å². The molecule has 0 unspecified atom stereocenters. The van der Waals surface area contributed by atoms with Crippen LogP contribution in [0.1, 0.15) is 25.1 Å². The number of rotatable bonds is 7. The van der Waals surface area contributed by atoms with E-state index in [1.54, 1.807) is 18.2 Å². The molecule has 0 aliphatic carbocycles. The number of ether oxygens (including phenoxy) is 2. The lowest BCUT2D eigenvalue weighted by Gasteiger charge is -2.33. The molecule has 2 aliphatic rings. The van der Waals surface area contributed by atoms with Crippen molar-refractivity contribution in [2.24, 2.45) is 0 Å². The number of alkyl halides is 3. The molecule has 0 radical (unpaired) electrons. The molecule has 1 aromatic carbocycles. The minimum atomic E-state index is -2.87. The zero-order valence-corrected chi connectivity index (χ0v) is 21.0. The third kappa shape index (κ3) is 5.23. The van der Waals surface area contributed by atoms with Crippen LogP contribution in [0.25, 0.3) is 17.0 Å². The minimum absolute atomic E-state index is 0.00184. The van der Waals surface area contributed by atoms with Crippen molar-refractivity contribution < 1.29 is 23.0 Å². The zero-order chi connectivity index (χ0) is 25.9. The number of hydrogen-bond acceptors (Lipinski definition) is 9. The number of para-hydroxylation sites is 1. The number of anilines is 2. The van der Waals surface area contributed by atoms with Crippen LogP contribution in [0.3, 0.4) is 0 Å². The largest absolute Gasteiger partial charge is 0.494 e. The third-order valence-corrected chi connectivity index (χ3v) is 6.69. The number of fused-ring (bicyclic) bond motifs is 1. The molecule has 198 valence electrons. The quantitative estimate of drug-likeness (QED) is 0.455. The first-order chi connectivity index (χ1) is 18.0. The summed E-state index contributed by atoms with van der Waals surface area (Å²) in [6, 6.07) is 5.05. The fourth-order valence-corrected chi connectivity index (χ4v) is 4.67. The van der Waals surface area contributed by atoms with Gasteiger partial charge in [0.15, 0.2) is 5.82 Å². The Labute approximate surface area is 216 Å². The van der Waals surface area contributed by atoms with Crippen LogP contribution in [0.15, 0.2) is 18.2 Å². The molecule has 2 saturated heterocycles. The normalized spacial score (nSPS) is 17.0. The van der Waals surface area contributed by atoms with E-state index in [2.05, 4.69) is 20.3 Å². The number of halogens is 3. The van der Waals surface area contributed by atoms with E-state index in [0.29, 0.717) is 80.9 Å². The van der Waals surface area contributed by atoms with Gasteiger partial charge in [-0.2, -0.15) is 15.0 Å². The second kappa shape index (κ2) is 11.0. The van der Waals surface area contributed by atoms with Gasteiger partial charge in [-0.15, -0.1) is 11.6 Å². The monoisotopic (exact) mass is 536 g/mol. The van der Waals surface area contributed by atoms with Gasteiger partial charge >= 0.3 is 0 Å². The summed E-state index contributed by atoms with van der Waals surface area (Å²) in [6.45, 7) is 3.29. The number of amides is 1. The Bertz CT molecular complexity index is 1260. The van der Waals surface area contributed by atoms with Crippen LogP contribution in [0.4, 0.5) is 20.7 Å². The Hall–Kier alpha value is -3.32. The summed E-state index contributed by atoms with van der Waals surface area (Å²) in [5.74, 6) is 0.406. The number of carbonyl (C=O) groups excluding carboxylic acids is 1. The lowest BCUT2D eigenvalue weighted by Crippen LogP contribution is -2.45. The van der Waals surface area contributed by atoms with E-state index in [1.807, 2.05) is 9.80 Å². The topological polar surface area (TPSA) is 111 Å². The van der Waals surface area contributed by atoms with Crippen molar-refractivity contribution in [3.8, 4) is 11.7 Å². The molecule has 1 amide bonds. The highest BCUT2D eigenvalue weighted by atomic mass is 35.5. The fraction of sp³-hybridized carbons (Fsp3) is 0.522. The van der Waals surface area contributed by atoms with Gasteiger partial charge in [0.2, 0.25) is 23.8 Å². The maximum Gasteiger partial charge on any atom is 0.296 e. The highest BCUT2D eigenvalue weighted by Gasteiger charge is 2.28. The van der Waals surface area contributed by atoms with Crippen molar-refractivity contribution >= 4 is 40.4 Å². The Morgan fingerprint density at radius 2 is 1.73 bits per heavy atom. The van der Waals surface area contributed by atoms with Crippen LogP contribution in [0.5, 0.6) is 5.75 Å². The summed E-state index contributed by atoms with van der Waals surface area (Å²) in [5.41, 5.74) is 0.702. The standard InChI is InChI=1S/C23H27ClF2N8O3/c1-36-16-4-2-3-15-18(16)28-20(19(25)26)34(15)23-30-21(29-22(31-23)33-9-11-37-12-10-33)32-7-5-14(6-8-32)27-17(35)13-24/h2-4,14,19H,5-13H2,1H3,(H,27,35). The van der Waals surface area contributed by atoms with Gasteiger partial charge in [-0.05, 0) is 25.0 Å². The number of hydrogen-bond donors (Lipinski definition) is 1. The Kier molecular flexibility index (Phi) is 7.51. The molecule has 1 N–H and O–H groups in total. The smallest absolute Gasteiger partial charge is 0.296 e. The first-order valence-corrected chi connectivity index (χ1v) is 12.5. The predicted octanol–water partition coefficient (Wildman–Crippen LogP) is 2.32. The van der Waals surface area contributed by atoms with Gasteiger partial charge in [-0.1, -0.05) is 6.07 Å². The minimum Gasteiger partial charge on any atom is -0.494 e. The van der Waals surface area contributed by atoms with Crippen LogP contribution >= 0.6 is 11.6 Å². The second-order valence-corrected chi connectivity index (χ2v) is 9.00. The summed E-state index contributed by atoms with van der Waals surface area (Å²) in [7, 11) is 1.46. The van der Waals surface area contributed by atoms with Gasteiger partial charge in [0.25, 0.3) is 6.43 Å². The molecule has 2 fully saturated rings. The molecule has 14 heteroatoms. The van der Waals surface area contributed by atoms with E-state index in [-0.39, 0.29) is 23.8 Å². The molecular weight excluding hydrogens is 510 g/mol. The third-order valence-electron chi connectivity index (χ3n) is 6.45. The number of imidazole rings is 1. The van der Waals surface area contributed by atoms with Crippen molar-refractivity contribution in [1.29, 1.82) is 0 Å². The number of benzene rings is 1. The van der Waals surface area contributed by atoms with E-state index >= 15 is 0 Å². The first-order valence-electron chi connectivity index (χ1n) is 12.0. The number of carbonyl (C=O) groups is 1. The molecule has 2 aromatic heterocycles. The number of nitrogens with one attached hydrogen (secondary N) is 1. The van der Waals surface area contributed by atoms with E-state index in [4.69, 9.17) is 26.1 Å². The Morgan fingerprint density at radius 3 is 2.35 bits per heavy atom. The lowest BCUT2D eigenvalue weighted by atomic mass is 10.1. The van der Waals surface area contributed by atoms with Gasteiger partial charge < -0.3 is 24.6 Å². The molecule has 5 rings (SSSR count). The molecule has 0 spiro atoms. The molecule has 0 bridgehead atoms. The molecule has 3 aromatic rings. The SMILES string of the molecule is COc1cccc2c1nc(C(F)F)n2-c1nc(N2CCOCC2)nc(N2CCC(NC(=O)CCl)CC2)n1. The summed E-state index contributed by atoms with van der Waals surface area (Å²) in [4.78, 5) is 33.7. The van der Waals surface area contributed by atoms with Gasteiger partial charge in [0.05, 0.1) is 25.8 Å². The molecule has 4 heterocycles. The van der Waals surface area contributed by atoms with Gasteiger partial charge in [0.1, 0.15) is 17.1 Å². The molecule has 11 nitrogen and oxygen atoms in total. The maximum absolute atomic E-state index is 14.2.